The number of nitrogens with two attached hydrogens (primary N) is 1. The molecule has 2 aliphatic carbocycles. The number of amides is 2. The van der Waals surface area contributed by atoms with E-state index < -0.39 is 0 Å². The van der Waals surface area contributed by atoms with Crippen LogP contribution in [0.2, 0.25) is 0 Å². The van der Waals surface area contributed by atoms with Gasteiger partial charge in [-0.15, -0.1) is 0 Å². The Morgan fingerprint density at radius 2 is 1.76 bits per heavy atom. The van der Waals surface area contributed by atoms with Crippen molar-refractivity contribution < 1.29 is 4.79 Å². The van der Waals surface area contributed by atoms with E-state index in [0.717, 1.165) is 32.1 Å². The van der Waals surface area contributed by atoms with Crippen molar-refractivity contribution in [3.05, 3.63) is 0 Å². The molecule has 96 valence electrons. The van der Waals surface area contributed by atoms with Crippen LogP contribution in [0.4, 0.5) is 4.79 Å². The van der Waals surface area contributed by atoms with Crippen LogP contribution in [0, 0.1) is 11.3 Å². The molecular weight excluding hydrogens is 216 g/mol. The van der Waals surface area contributed by atoms with Crippen molar-refractivity contribution in [2.24, 2.45) is 11.7 Å². The van der Waals surface area contributed by atoms with Crippen molar-refractivity contribution in [3.8, 4) is 0 Å². The van der Waals surface area contributed by atoms with E-state index in [1.54, 1.807) is 0 Å². The van der Waals surface area contributed by atoms with Crippen molar-refractivity contribution >= 4 is 11.9 Å². The quantitative estimate of drug-likeness (QED) is 0.441. The first-order valence-corrected chi connectivity index (χ1v) is 6.58. The van der Waals surface area contributed by atoms with Crippen LogP contribution in [0.3, 0.4) is 0 Å². The minimum atomic E-state index is -0.0879. The molecule has 0 bridgehead atoms. The third-order valence-corrected chi connectivity index (χ3v) is 3.92. The zero-order valence-corrected chi connectivity index (χ0v) is 10.2. The van der Waals surface area contributed by atoms with E-state index >= 15 is 0 Å². The van der Waals surface area contributed by atoms with Gasteiger partial charge < -0.3 is 16.4 Å². The monoisotopic (exact) mass is 238 g/mol. The van der Waals surface area contributed by atoms with Gasteiger partial charge in [0.2, 0.25) is 0 Å². The number of rotatable bonds is 3. The molecule has 0 aromatic carbocycles. The Bertz CT molecular complexity index is 299. The highest BCUT2D eigenvalue weighted by atomic mass is 16.2. The van der Waals surface area contributed by atoms with Crippen LogP contribution in [-0.4, -0.2) is 24.0 Å². The number of nitrogens with one attached hydrogen (secondary N) is 3. The summed E-state index contributed by atoms with van der Waals surface area (Å²) >= 11 is 0. The molecule has 17 heavy (non-hydrogen) atoms. The summed E-state index contributed by atoms with van der Waals surface area (Å²) in [6.45, 7) is 0. The topological polar surface area (TPSA) is 91.0 Å². The number of carbonyl (C=O) groups is 1. The average molecular weight is 238 g/mol. The van der Waals surface area contributed by atoms with Gasteiger partial charge in [0, 0.05) is 18.0 Å². The summed E-state index contributed by atoms with van der Waals surface area (Å²) in [6.07, 6.45) is 7.50. The van der Waals surface area contributed by atoms with Gasteiger partial charge in [-0.3, -0.25) is 5.41 Å². The fourth-order valence-electron chi connectivity index (χ4n) is 2.97. The highest BCUT2D eigenvalue weighted by Crippen LogP contribution is 2.25. The molecule has 2 amide bonds. The van der Waals surface area contributed by atoms with Gasteiger partial charge in [0.05, 0.1) is 5.84 Å². The molecule has 0 aromatic heterocycles. The molecule has 2 atom stereocenters. The van der Waals surface area contributed by atoms with Crippen molar-refractivity contribution in [2.45, 2.75) is 57.0 Å². The molecule has 2 unspecified atom stereocenters. The van der Waals surface area contributed by atoms with Gasteiger partial charge in [0.15, 0.2) is 0 Å². The Hall–Kier alpha value is -1.26. The third kappa shape index (κ3) is 3.11. The maximum absolute atomic E-state index is 11.8. The van der Waals surface area contributed by atoms with E-state index in [0.29, 0.717) is 6.04 Å². The second-order valence-electron chi connectivity index (χ2n) is 5.20. The van der Waals surface area contributed by atoms with Crippen molar-refractivity contribution in [1.29, 1.82) is 5.41 Å². The third-order valence-electron chi connectivity index (χ3n) is 3.92. The molecule has 0 radical (unpaired) electrons. The molecule has 0 aromatic rings. The first kappa shape index (κ1) is 12.2. The molecule has 2 fully saturated rings. The summed E-state index contributed by atoms with van der Waals surface area (Å²) in [7, 11) is 0. The Labute approximate surface area is 102 Å². The van der Waals surface area contributed by atoms with Crippen molar-refractivity contribution in [1.82, 2.24) is 10.6 Å². The van der Waals surface area contributed by atoms with Crippen LogP contribution in [-0.2, 0) is 0 Å². The van der Waals surface area contributed by atoms with Crippen molar-refractivity contribution in [2.75, 3.05) is 0 Å². The summed E-state index contributed by atoms with van der Waals surface area (Å²) in [6, 6.07) is 0.302. The van der Waals surface area contributed by atoms with E-state index in [2.05, 4.69) is 10.6 Å². The van der Waals surface area contributed by atoms with Crippen LogP contribution in [0.25, 0.3) is 0 Å². The highest BCUT2D eigenvalue weighted by molar-refractivity contribution is 5.82. The maximum Gasteiger partial charge on any atom is 0.315 e. The Morgan fingerprint density at radius 3 is 2.41 bits per heavy atom. The van der Waals surface area contributed by atoms with Gasteiger partial charge in [-0.1, -0.05) is 19.3 Å². The fraction of sp³-hybridized carbons (Fsp3) is 0.833. The number of urea groups is 1. The van der Waals surface area contributed by atoms with Gasteiger partial charge in [-0.05, 0) is 25.7 Å². The molecule has 0 spiro atoms. The lowest BCUT2D eigenvalue weighted by molar-refractivity contribution is 0.232. The fourth-order valence-corrected chi connectivity index (χ4v) is 2.97. The molecule has 0 aliphatic heterocycles. The summed E-state index contributed by atoms with van der Waals surface area (Å²) in [5, 5.41) is 13.5. The molecular formula is C12H22N4O. The predicted octanol–water partition coefficient (Wildman–Crippen LogP) is 1.33. The number of hydrogen-bond acceptors (Lipinski definition) is 2. The molecule has 0 saturated heterocycles. The van der Waals surface area contributed by atoms with Crippen LogP contribution >= 0.6 is 0 Å². The summed E-state index contributed by atoms with van der Waals surface area (Å²) in [4.78, 5) is 11.8. The summed E-state index contributed by atoms with van der Waals surface area (Å²) in [5.41, 5.74) is 5.54. The molecule has 5 nitrogen and oxygen atoms in total. The predicted molar refractivity (Wildman–Crippen MR) is 67.0 cm³/mol. The molecule has 2 saturated carbocycles. The lowest BCUT2D eigenvalue weighted by atomic mass is 10.0. The van der Waals surface area contributed by atoms with E-state index in [-0.39, 0.29) is 23.8 Å². The van der Waals surface area contributed by atoms with Crippen LogP contribution in [0.1, 0.15) is 44.9 Å². The van der Waals surface area contributed by atoms with Crippen LogP contribution in [0.5, 0.6) is 0 Å². The second kappa shape index (κ2) is 5.38. The first-order chi connectivity index (χ1) is 8.16. The molecule has 2 rings (SSSR count). The highest BCUT2D eigenvalue weighted by Gasteiger charge is 2.31. The lowest BCUT2D eigenvalue weighted by Gasteiger charge is -2.21. The Morgan fingerprint density at radius 1 is 1.06 bits per heavy atom. The Kier molecular flexibility index (Phi) is 3.86. The second-order valence-corrected chi connectivity index (χ2v) is 5.20. The first-order valence-electron chi connectivity index (χ1n) is 6.58. The number of carbonyl (C=O) groups excluding carboxylic acids is 1. The van der Waals surface area contributed by atoms with E-state index in [9.17, 15) is 4.79 Å². The van der Waals surface area contributed by atoms with E-state index in [4.69, 9.17) is 11.1 Å². The van der Waals surface area contributed by atoms with E-state index in [1.807, 2.05) is 0 Å². The maximum atomic E-state index is 11.8. The van der Waals surface area contributed by atoms with Gasteiger partial charge >= 0.3 is 6.03 Å². The minimum absolute atomic E-state index is 0.0318. The van der Waals surface area contributed by atoms with Gasteiger partial charge in [-0.25, -0.2) is 4.79 Å². The molecule has 5 heteroatoms. The summed E-state index contributed by atoms with van der Waals surface area (Å²) in [5.74, 6) is 0.234. The van der Waals surface area contributed by atoms with Gasteiger partial charge in [-0.2, -0.15) is 0 Å². The zero-order chi connectivity index (χ0) is 12.3. The van der Waals surface area contributed by atoms with Crippen molar-refractivity contribution in [3.63, 3.8) is 0 Å². The standard InChI is InChI=1S/C12H22N4O/c13-11(14)9-6-3-7-10(9)16-12(17)15-8-4-1-2-5-8/h8-10H,1-7H2,(H3,13,14)(H2,15,16,17). The molecule has 0 heterocycles. The largest absolute Gasteiger partial charge is 0.387 e. The normalized spacial score (nSPS) is 29.2. The minimum Gasteiger partial charge on any atom is -0.387 e. The smallest absolute Gasteiger partial charge is 0.315 e. The SMILES string of the molecule is N=C(N)C1CCCC1NC(=O)NC1CCCC1. The van der Waals surface area contributed by atoms with Gasteiger partial charge in [0.1, 0.15) is 0 Å². The Balaban J connectivity index is 1.79. The molecule has 2 aliphatic rings. The van der Waals surface area contributed by atoms with E-state index in [1.165, 1.54) is 12.8 Å². The van der Waals surface area contributed by atoms with Crippen LogP contribution < -0.4 is 16.4 Å². The number of amidine groups is 1. The van der Waals surface area contributed by atoms with Gasteiger partial charge in [0.25, 0.3) is 0 Å². The van der Waals surface area contributed by atoms with Crippen LogP contribution in [0.15, 0.2) is 0 Å². The average Bonchev–Trinajstić information content (AvgIpc) is 2.88. The summed E-state index contributed by atoms with van der Waals surface area (Å²) < 4.78 is 0. The molecule has 5 N–H and O–H groups in total. The number of hydrogen-bond donors (Lipinski definition) is 4. The lowest BCUT2D eigenvalue weighted by Crippen LogP contribution is -2.48. The zero-order valence-electron chi connectivity index (χ0n) is 10.2.